The summed E-state index contributed by atoms with van der Waals surface area (Å²) in [5, 5.41) is 50.3. The van der Waals surface area contributed by atoms with Crippen LogP contribution < -0.4 is 0 Å². The van der Waals surface area contributed by atoms with Crippen molar-refractivity contribution in [3.8, 4) is 5.75 Å². The first-order valence-electron chi connectivity index (χ1n) is 7.47. The number of aromatic carboxylic acids is 1. The molecule has 2 aromatic carbocycles. The van der Waals surface area contributed by atoms with Crippen LogP contribution in [0.2, 0.25) is 0 Å². The number of carbonyl (C=O) groups is 1. The van der Waals surface area contributed by atoms with Gasteiger partial charge in [0.15, 0.2) is 0 Å². The molecule has 7 nitrogen and oxygen atoms in total. The number of carboxylic acid groups (broad SMARTS) is 1. The minimum Gasteiger partial charge on any atom is -0.507 e. The highest BCUT2D eigenvalue weighted by Crippen LogP contribution is 2.14. The average molecular weight is 352 g/mol. The van der Waals surface area contributed by atoms with Gasteiger partial charge < -0.3 is 30.6 Å². The molecule has 0 aromatic heterocycles. The topological polar surface area (TPSA) is 138 Å². The fourth-order valence-electron chi connectivity index (χ4n) is 1.44. The lowest BCUT2D eigenvalue weighted by Crippen LogP contribution is -2.15. The van der Waals surface area contributed by atoms with Crippen LogP contribution in [0.5, 0.6) is 5.75 Å². The van der Waals surface area contributed by atoms with Crippen LogP contribution in [-0.2, 0) is 0 Å². The molecule has 0 aliphatic carbocycles. The number of aliphatic hydroxyl groups excluding tert-OH is 4. The summed E-state index contributed by atoms with van der Waals surface area (Å²) < 4.78 is 0. The summed E-state index contributed by atoms with van der Waals surface area (Å²) >= 11 is 0. The van der Waals surface area contributed by atoms with E-state index >= 15 is 0 Å². The first kappa shape index (κ1) is 22.6. The molecule has 0 fully saturated rings. The largest absolute Gasteiger partial charge is 0.507 e. The molecule has 25 heavy (non-hydrogen) atoms. The van der Waals surface area contributed by atoms with Crippen molar-refractivity contribution in [2.75, 3.05) is 13.2 Å². The lowest BCUT2D eigenvalue weighted by Gasteiger charge is -2.00. The normalized spacial score (nSPS) is 10.8. The maximum absolute atomic E-state index is 10.3. The Labute approximate surface area is 146 Å². The van der Waals surface area contributed by atoms with E-state index in [1.54, 1.807) is 19.1 Å². The van der Waals surface area contributed by atoms with Crippen molar-refractivity contribution in [3.63, 3.8) is 0 Å². The van der Waals surface area contributed by atoms with Gasteiger partial charge in [0.05, 0.1) is 19.3 Å². The highest BCUT2D eigenvalue weighted by atomic mass is 16.4. The van der Waals surface area contributed by atoms with Crippen molar-refractivity contribution in [1.82, 2.24) is 0 Å². The molecule has 0 bridgehead atoms. The second kappa shape index (κ2) is 12.9. The van der Waals surface area contributed by atoms with Crippen molar-refractivity contribution in [2.24, 2.45) is 0 Å². The molecule has 0 aliphatic heterocycles. The Hall–Kier alpha value is -2.45. The van der Waals surface area contributed by atoms with E-state index in [4.69, 9.17) is 30.6 Å². The fraction of sp³-hybridized carbons (Fsp3) is 0.278. The van der Waals surface area contributed by atoms with Crippen LogP contribution in [-0.4, -0.2) is 55.9 Å². The Bertz CT molecular complexity index is 595. The number of hydrogen-bond acceptors (Lipinski definition) is 6. The van der Waals surface area contributed by atoms with Crippen LogP contribution in [0.15, 0.2) is 54.6 Å². The van der Waals surface area contributed by atoms with E-state index in [0.29, 0.717) is 0 Å². The average Bonchev–Trinajstić information content (AvgIpc) is 2.63. The highest BCUT2D eigenvalue weighted by molar-refractivity contribution is 5.90. The molecule has 138 valence electrons. The SMILES string of the molecule is CC(O)c1ccccc1.O=C(O)c1ccccc1O.OCC(O)CO. The van der Waals surface area contributed by atoms with Gasteiger partial charge >= 0.3 is 5.97 Å². The monoisotopic (exact) mass is 352 g/mol. The minimum absolute atomic E-state index is 0.0671. The second-order valence-corrected chi connectivity index (χ2v) is 4.93. The quantitative estimate of drug-likeness (QED) is 0.485. The second-order valence-electron chi connectivity index (χ2n) is 4.93. The highest BCUT2D eigenvalue weighted by Gasteiger charge is 2.05. The Kier molecular flexibility index (Phi) is 11.6. The van der Waals surface area contributed by atoms with Crippen molar-refractivity contribution in [1.29, 1.82) is 0 Å². The molecule has 0 spiro atoms. The molecule has 0 saturated carbocycles. The molecule has 1 atom stereocenters. The number of aliphatic hydroxyl groups is 4. The number of hydrogen-bond donors (Lipinski definition) is 6. The van der Waals surface area contributed by atoms with Gasteiger partial charge in [0.25, 0.3) is 0 Å². The van der Waals surface area contributed by atoms with Crippen LogP contribution in [0.4, 0.5) is 0 Å². The number of carboxylic acids is 1. The van der Waals surface area contributed by atoms with Gasteiger partial charge in [-0.15, -0.1) is 0 Å². The molecule has 0 heterocycles. The van der Waals surface area contributed by atoms with Gasteiger partial charge in [-0.3, -0.25) is 0 Å². The summed E-state index contributed by atoms with van der Waals surface area (Å²) in [5.41, 5.74) is 0.903. The van der Waals surface area contributed by atoms with Gasteiger partial charge in [-0.05, 0) is 24.6 Å². The van der Waals surface area contributed by atoms with Gasteiger partial charge in [-0.2, -0.15) is 0 Å². The molecule has 6 N–H and O–H groups in total. The van der Waals surface area contributed by atoms with E-state index in [2.05, 4.69) is 0 Å². The Morgan fingerprint density at radius 3 is 1.68 bits per heavy atom. The van der Waals surface area contributed by atoms with E-state index in [1.165, 1.54) is 12.1 Å². The zero-order valence-electron chi connectivity index (χ0n) is 13.9. The summed E-state index contributed by atoms with van der Waals surface area (Å²) in [5.74, 6) is -1.31. The molecule has 1 unspecified atom stereocenters. The molecule has 2 aromatic rings. The number of benzene rings is 2. The third-order valence-electron chi connectivity index (χ3n) is 2.84. The lowest BCUT2D eigenvalue weighted by atomic mass is 10.1. The van der Waals surface area contributed by atoms with Crippen molar-refractivity contribution in [2.45, 2.75) is 19.1 Å². The number of aromatic hydroxyl groups is 1. The van der Waals surface area contributed by atoms with Crippen molar-refractivity contribution >= 4 is 5.97 Å². The van der Waals surface area contributed by atoms with Crippen LogP contribution in [0, 0.1) is 0 Å². The lowest BCUT2D eigenvalue weighted by molar-refractivity contribution is 0.0450. The zero-order valence-corrected chi connectivity index (χ0v) is 13.9. The van der Waals surface area contributed by atoms with Gasteiger partial charge in [0, 0.05) is 0 Å². The molecule has 0 radical (unpaired) electrons. The van der Waals surface area contributed by atoms with Crippen molar-refractivity contribution < 1.29 is 35.4 Å². The predicted molar refractivity (Wildman–Crippen MR) is 92.3 cm³/mol. The maximum atomic E-state index is 10.3. The Morgan fingerprint density at radius 2 is 1.40 bits per heavy atom. The Morgan fingerprint density at radius 1 is 0.920 bits per heavy atom. The summed E-state index contributed by atoms with van der Waals surface area (Å²) in [4.78, 5) is 10.3. The fourth-order valence-corrected chi connectivity index (χ4v) is 1.44. The van der Waals surface area contributed by atoms with E-state index in [1.807, 2.05) is 30.3 Å². The molecular weight excluding hydrogens is 328 g/mol. The summed E-state index contributed by atoms with van der Waals surface area (Å²) in [7, 11) is 0. The van der Waals surface area contributed by atoms with Crippen LogP contribution in [0.3, 0.4) is 0 Å². The van der Waals surface area contributed by atoms with Crippen LogP contribution in [0.25, 0.3) is 0 Å². The number of phenols is 1. The molecule has 0 amide bonds. The molecule has 0 aliphatic rings. The Balaban J connectivity index is 0.000000358. The van der Waals surface area contributed by atoms with Gasteiger partial charge in [-0.1, -0.05) is 42.5 Å². The van der Waals surface area contributed by atoms with Crippen LogP contribution >= 0.6 is 0 Å². The standard InChI is InChI=1S/C8H10O.C7H6O3.C3H8O3/c1-7(9)8-5-3-2-4-6-8;8-6-4-2-1-3-5(6)7(9)10;4-1-3(6)2-5/h2-7,9H,1H3;1-4,8H,(H,9,10);3-6H,1-2H2. The molecule has 7 heteroatoms. The van der Waals surface area contributed by atoms with E-state index in [-0.39, 0.29) is 30.6 Å². The van der Waals surface area contributed by atoms with E-state index in [9.17, 15) is 4.79 Å². The zero-order chi connectivity index (χ0) is 19.2. The van der Waals surface area contributed by atoms with Crippen molar-refractivity contribution in [3.05, 3.63) is 65.7 Å². The third kappa shape index (κ3) is 10.1. The molecule has 2 rings (SSSR count). The van der Waals surface area contributed by atoms with E-state index < -0.39 is 12.1 Å². The maximum Gasteiger partial charge on any atom is 0.339 e. The molecule has 0 saturated heterocycles. The number of para-hydroxylation sites is 1. The van der Waals surface area contributed by atoms with Crippen LogP contribution in [0.1, 0.15) is 28.9 Å². The van der Waals surface area contributed by atoms with E-state index in [0.717, 1.165) is 5.56 Å². The first-order valence-corrected chi connectivity index (χ1v) is 7.47. The van der Waals surface area contributed by atoms with Gasteiger partial charge in [0.2, 0.25) is 0 Å². The third-order valence-corrected chi connectivity index (χ3v) is 2.84. The smallest absolute Gasteiger partial charge is 0.339 e. The summed E-state index contributed by atoms with van der Waals surface area (Å²) in [6, 6.07) is 15.4. The summed E-state index contributed by atoms with van der Waals surface area (Å²) in [6.45, 7) is 1.03. The predicted octanol–water partition coefficient (Wildman–Crippen LogP) is 1.16. The first-order chi connectivity index (χ1) is 11.8. The van der Waals surface area contributed by atoms with Gasteiger partial charge in [-0.25, -0.2) is 4.79 Å². The minimum atomic E-state index is -1.11. The summed E-state index contributed by atoms with van der Waals surface area (Å²) in [6.07, 6.45) is -1.30. The molecular formula is C18H24O7. The van der Waals surface area contributed by atoms with Gasteiger partial charge in [0.1, 0.15) is 17.4 Å². The number of rotatable bonds is 4.